The molecule has 3 nitrogen and oxygen atoms in total. The molecule has 3 heteroatoms. The van der Waals surface area contributed by atoms with Gasteiger partial charge in [-0.3, -0.25) is 0 Å². The maximum absolute atomic E-state index is 9.79. The molecule has 0 amide bonds. The maximum Gasteiger partial charge on any atom is 0.160 e. The molecular weight excluding hydrogens is 190 g/mol. The van der Waals surface area contributed by atoms with Gasteiger partial charge in [0, 0.05) is 17.5 Å². The van der Waals surface area contributed by atoms with Crippen LogP contribution in [0.15, 0.2) is 12.1 Å². The summed E-state index contributed by atoms with van der Waals surface area (Å²) in [6.07, 6.45) is 3.12. The molecule has 1 atom stereocenters. The fourth-order valence-corrected chi connectivity index (χ4v) is 3.06. The van der Waals surface area contributed by atoms with Gasteiger partial charge in [0.15, 0.2) is 11.5 Å². The average Bonchev–Trinajstić information content (AvgIpc) is 2.83. The highest BCUT2D eigenvalue weighted by atomic mass is 16.3. The van der Waals surface area contributed by atoms with E-state index in [1.54, 1.807) is 6.07 Å². The van der Waals surface area contributed by atoms with E-state index in [0.29, 0.717) is 0 Å². The van der Waals surface area contributed by atoms with E-state index in [1.807, 2.05) is 6.07 Å². The zero-order valence-corrected chi connectivity index (χ0v) is 8.58. The first kappa shape index (κ1) is 9.04. The molecule has 2 aliphatic rings. The number of phenols is 2. The van der Waals surface area contributed by atoms with Gasteiger partial charge in [0.05, 0.1) is 0 Å². The van der Waals surface area contributed by atoms with Gasteiger partial charge in [-0.1, -0.05) is 6.07 Å². The minimum Gasteiger partial charge on any atom is -0.504 e. The lowest BCUT2D eigenvalue weighted by molar-refractivity contribution is 0.400. The molecule has 0 radical (unpaired) electrons. The second-order valence-corrected chi connectivity index (χ2v) is 4.67. The van der Waals surface area contributed by atoms with E-state index in [4.69, 9.17) is 0 Å². The van der Waals surface area contributed by atoms with Crippen LogP contribution in [0.25, 0.3) is 0 Å². The number of fused-ring (bicyclic) bond motifs is 2. The maximum atomic E-state index is 9.79. The molecule has 1 spiro atoms. The fraction of sp³-hybridized carbons (Fsp3) is 0.500. The van der Waals surface area contributed by atoms with Crippen LogP contribution in [0.5, 0.6) is 11.5 Å². The molecule has 1 saturated heterocycles. The van der Waals surface area contributed by atoms with Gasteiger partial charge >= 0.3 is 0 Å². The zero-order chi connectivity index (χ0) is 10.5. The Hall–Kier alpha value is -1.22. The van der Waals surface area contributed by atoms with Crippen molar-refractivity contribution in [2.75, 3.05) is 13.1 Å². The van der Waals surface area contributed by atoms with Crippen molar-refractivity contribution >= 4 is 0 Å². The number of benzene rings is 1. The third kappa shape index (κ3) is 1.10. The topological polar surface area (TPSA) is 52.5 Å². The Bertz CT molecular complexity index is 408. The van der Waals surface area contributed by atoms with Gasteiger partial charge in [-0.15, -0.1) is 0 Å². The van der Waals surface area contributed by atoms with Gasteiger partial charge < -0.3 is 15.5 Å². The van der Waals surface area contributed by atoms with Gasteiger partial charge in [0.1, 0.15) is 0 Å². The summed E-state index contributed by atoms with van der Waals surface area (Å²) in [6.45, 7) is 2.06. The summed E-state index contributed by atoms with van der Waals surface area (Å²) in [5.41, 5.74) is 2.42. The Morgan fingerprint density at radius 3 is 2.80 bits per heavy atom. The Balaban J connectivity index is 2.15. The minimum atomic E-state index is 0.0109. The molecule has 0 saturated carbocycles. The van der Waals surface area contributed by atoms with Crippen molar-refractivity contribution in [3.05, 3.63) is 23.3 Å². The Kier molecular flexibility index (Phi) is 1.74. The highest BCUT2D eigenvalue weighted by Gasteiger charge is 2.42. The summed E-state index contributed by atoms with van der Waals surface area (Å²) in [5.74, 6) is 0.105. The van der Waals surface area contributed by atoms with Crippen molar-refractivity contribution in [3.63, 3.8) is 0 Å². The van der Waals surface area contributed by atoms with E-state index in [-0.39, 0.29) is 16.9 Å². The van der Waals surface area contributed by atoms with Crippen molar-refractivity contribution in [1.82, 2.24) is 5.32 Å². The third-order valence-corrected chi connectivity index (χ3v) is 3.93. The number of nitrogens with one attached hydrogen (secondary N) is 1. The number of hydrogen-bond donors (Lipinski definition) is 3. The zero-order valence-electron chi connectivity index (χ0n) is 8.58. The van der Waals surface area contributed by atoms with Crippen molar-refractivity contribution in [2.24, 2.45) is 0 Å². The summed E-state index contributed by atoms with van der Waals surface area (Å²) < 4.78 is 0. The summed E-state index contributed by atoms with van der Waals surface area (Å²) in [7, 11) is 0. The number of rotatable bonds is 0. The van der Waals surface area contributed by atoms with E-state index in [1.165, 1.54) is 5.56 Å². The SMILES string of the molecule is Oc1ccc2c(c1O)CCC21CCNC1. The second kappa shape index (κ2) is 2.89. The van der Waals surface area contributed by atoms with Crippen LogP contribution in [0.1, 0.15) is 24.0 Å². The molecule has 1 unspecified atom stereocenters. The summed E-state index contributed by atoms with van der Waals surface area (Å²) in [6, 6.07) is 3.59. The largest absolute Gasteiger partial charge is 0.504 e. The highest BCUT2D eigenvalue weighted by Crippen LogP contribution is 2.48. The van der Waals surface area contributed by atoms with E-state index in [9.17, 15) is 10.2 Å². The van der Waals surface area contributed by atoms with Crippen LogP contribution in [0, 0.1) is 0 Å². The van der Waals surface area contributed by atoms with Crippen molar-refractivity contribution in [1.29, 1.82) is 0 Å². The standard InChI is InChI=1S/C12H15NO2/c14-10-2-1-9-8(11(10)15)3-4-12(9)5-6-13-7-12/h1-2,13-15H,3-7H2. The van der Waals surface area contributed by atoms with Crippen LogP contribution >= 0.6 is 0 Å². The second-order valence-electron chi connectivity index (χ2n) is 4.67. The molecule has 1 aliphatic carbocycles. The van der Waals surface area contributed by atoms with Gasteiger partial charge in [0.25, 0.3) is 0 Å². The lowest BCUT2D eigenvalue weighted by Gasteiger charge is -2.23. The first-order valence-corrected chi connectivity index (χ1v) is 5.48. The van der Waals surface area contributed by atoms with Crippen LogP contribution in [0.4, 0.5) is 0 Å². The quantitative estimate of drug-likeness (QED) is 0.559. The molecule has 1 aromatic rings. The van der Waals surface area contributed by atoms with E-state index >= 15 is 0 Å². The first-order valence-electron chi connectivity index (χ1n) is 5.48. The summed E-state index contributed by atoms with van der Waals surface area (Å²) in [4.78, 5) is 0. The van der Waals surface area contributed by atoms with Crippen molar-refractivity contribution in [2.45, 2.75) is 24.7 Å². The molecule has 80 valence electrons. The fourth-order valence-electron chi connectivity index (χ4n) is 3.06. The normalized spacial score (nSPS) is 28.5. The number of hydrogen-bond acceptors (Lipinski definition) is 3. The van der Waals surface area contributed by atoms with Crippen molar-refractivity contribution < 1.29 is 10.2 Å². The Morgan fingerprint density at radius 1 is 1.20 bits per heavy atom. The van der Waals surface area contributed by atoms with E-state index in [2.05, 4.69) is 5.32 Å². The lowest BCUT2D eigenvalue weighted by atomic mass is 9.81. The van der Waals surface area contributed by atoms with Crippen LogP contribution in [-0.4, -0.2) is 23.3 Å². The first-order chi connectivity index (χ1) is 7.23. The molecule has 0 aromatic heterocycles. The van der Waals surface area contributed by atoms with Gasteiger partial charge in [-0.05, 0) is 37.4 Å². The molecule has 0 bridgehead atoms. The van der Waals surface area contributed by atoms with Crippen LogP contribution in [-0.2, 0) is 11.8 Å². The highest BCUT2D eigenvalue weighted by molar-refractivity contribution is 5.54. The smallest absolute Gasteiger partial charge is 0.160 e. The molecule has 3 rings (SSSR count). The summed E-state index contributed by atoms with van der Waals surface area (Å²) in [5, 5.41) is 22.6. The van der Waals surface area contributed by atoms with Gasteiger partial charge in [-0.2, -0.15) is 0 Å². The molecule has 1 aromatic carbocycles. The molecule has 1 heterocycles. The van der Waals surface area contributed by atoms with Crippen LogP contribution in [0.2, 0.25) is 0 Å². The monoisotopic (exact) mass is 205 g/mol. The molecule has 15 heavy (non-hydrogen) atoms. The molecule has 1 aliphatic heterocycles. The van der Waals surface area contributed by atoms with E-state index < -0.39 is 0 Å². The predicted octanol–water partition coefficient (Wildman–Crippen LogP) is 1.28. The minimum absolute atomic E-state index is 0.0109. The Labute approximate surface area is 88.7 Å². The van der Waals surface area contributed by atoms with E-state index in [0.717, 1.165) is 37.9 Å². The summed E-state index contributed by atoms with van der Waals surface area (Å²) >= 11 is 0. The van der Waals surface area contributed by atoms with Crippen molar-refractivity contribution in [3.8, 4) is 11.5 Å². The lowest BCUT2D eigenvalue weighted by Crippen LogP contribution is -2.25. The Morgan fingerprint density at radius 2 is 2.07 bits per heavy atom. The molecule has 3 N–H and O–H groups in total. The number of aromatic hydroxyl groups is 2. The average molecular weight is 205 g/mol. The third-order valence-electron chi connectivity index (χ3n) is 3.93. The molecular formula is C12H15NO2. The predicted molar refractivity (Wildman–Crippen MR) is 57.3 cm³/mol. The van der Waals surface area contributed by atoms with Gasteiger partial charge in [0.2, 0.25) is 0 Å². The van der Waals surface area contributed by atoms with Gasteiger partial charge in [-0.25, -0.2) is 0 Å². The van der Waals surface area contributed by atoms with Crippen LogP contribution in [0.3, 0.4) is 0 Å². The molecule has 1 fully saturated rings. The number of phenolic OH excluding ortho intramolecular Hbond substituents is 2. The van der Waals surface area contributed by atoms with Crippen LogP contribution < -0.4 is 5.32 Å².